The average Bonchev–Trinajstić information content (AvgIpc) is 3.25. The zero-order valence-electron chi connectivity index (χ0n) is 20.0. The predicted molar refractivity (Wildman–Crippen MR) is 123 cm³/mol. The molecule has 1 heterocycles. The smallest absolute Gasteiger partial charge is 0.326 e. The lowest BCUT2D eigenvalue weighted by Crippen LogP contribution is -2.57. The first-order chi connectivity index (χ1) is 16.0. The van der Waals surface area contributed by atoms with E-state index in [1.807, 2.05) is 13.8 Å². The Kier molecular flexibility index (Phi) is 12.5. The highest BCUT2D eigenvalue weighted by Gasteiger charge is 2.38. The molecule has 0 spiro atoms. The number of carboxylic acids is 2. The van der Waals surface area contributed by atoms with Crippen LogP contribution in [0.4, 0.5) is 0 Å². The molecule has 1 aliphatic heterocycles. The van der Waals surface area contributed by atoms with Crippen molar-refractivity contribution in [3.63, 3.8) is 0 Å². The SMILES string of the molecule is CC(C)CC(NC(=O)C(N)CCC(=O)O)C(=O)NC(CCCCN)C(=O)N1CCCC1C(=O)O. The van der Waals surface area contributed by atoms with E-state index in [-0.39, 0.29) is 31.6 Å². The van der Waals surface area contributed by atoms with Crippen molar-refractivity contribution < 1.29 is 34.2 Å². The van der Waals surface area contributed by atoms with E-state index in [0.29, 0.717) is 38.8 Å². The second kappa shape index (κ2) is 14.5. The summed E-state index contributed by atoms with van der Waals surface area (Å²) in [7, 11) is 0. The molecular formula is C22H39N5O7. The number of nitrogens with two attached hydrogens (primary N) is 2. The zero-order chi connectivity index (χ0) is 25.8. The standard InChI is InChI=1S/C22H39N5O7/c1-13(2)12-16(26-19(30)14(24)8-9-18(28)29)20(31)25-15(6-3-4-10-23)21(32)27-11-5-7-17(27)22(33)34/h13-17H,3-12,23-24H2,1-2H3,(H,25,31)(H,26,30)(H,28,29)(H,33,34). The minimum absolute atomic E-state index is 0.0210. The van der Waals surface area contributed by atoms with Crippen molar-refractivity contribution in [1.82, 2.24) is 15.5 Å². The van der Waals surface area contributed by atoms with Gasteiger partial charge in [-0.15, -0.1) is 0 Å². The Morgan fingerprint density at radius 1 is 1.00 bits per heavy atom. The van der Waals surface area contributed by atoms with Gasteiger partial charge in [-0.1, -0.05) is 13.8 Å². The number of nitrogens with zero attached hydrogens (tertiary/aromatic N) is 1. The molecule has 0 aliphatic carbocycles. The van der Waals surface area contributed by atoms with E-state index in [9.17, 15) is 29.1 Å². The van der Waals surface area contributed by atoms with Crippen molar-refractivity contribution in [3.05, 3.63) is 0 Å². The van der Waals surface area contributed by atoms with Crippen molar-refractivity contribution in [2.24, 2.45) is 17.4 Å². The van der Waals surface area contributed by atoms with Gasteiger partial charge in [-0.25, -0.2) is 4.79 Å². The first-order valence-corrected chi connectivity index (χ1v) is 11.8. The number of carbonyl (C=O) groups excluding carboxylic acids is 3. The van der Waals surface area contributed by atoms with Crippen molar-refractivity contribution >= 4 is 29.7 Å². The third-order valence-electron chi connectivity index (χ3n) is 5.73. The third kappa shape index (κ3) is 9.64. The fraction of sp³-hybridized carbons (Fsp3) is 0.773. The van der Waals surface area contributed by atoms with Gasteiger partial charge in [0.25, 0.3) is 0 Å². The van der Waals surface area contributed by atoms with Crippen LogP contribution in [0.15, 0.2) is 0 Å². The van der Waals surface area contributed by atoms with E-state index in [2.05, 4.69) is 10.6 Å². The van der Waals surface area contributed by atoms with E-state index in [1.165, 1.54) is 4.90 Å². The highest BCUT2D eigenvalue weighted by molar-refractivity contribution is 5.94. The molecule has 1 rings (SSSR count). The van der Waals surface area contributed by atoms with E-state index in [0.717, 1.165) is 0 Å². The summed E-state index contributed by atoms with van der Waals surface area (Å²) in [6, 6.07) is -3.96. The van der Waals surface area contributed by atoms with Gasteiger partial charge in [-0.3, -0.25) is 19.2 Å². The minimum Gasteiger partial charge on any atom is -0.481 e. The molecule has 0 radical (unpaired) electrons. The van der Waals surface area contributed by atoms with Crippen LogP contribution < -0.4 is 22.1 Å². The molecular weight excluding hydrogens is 446 g/mol. The Labute approximate surface area is 199 Å². The van der Waals surface area contributed by atoms with E-state index in [1.54, 1.807) is 0 Å². The molecule has 12 nitrogen and oxygen atoms in total. The van der Waals surface area contributed by atoms with Crippen LogP contribution in [-0.4, -0.2) is 82.0 Å². The first-order valence-electron chi connectivity index (χ1n) is 11.8. The Morgan fingerprint density at radius 2 is 1.65 bits per heavy atom. The summed E-state index contributed by atoms with van der Waals surface area (Å²) >= 11 is 0. The molecule has 1 aliphatic rings. The number of unbranched alkanes of at least 4 members (excludes halogenated alkanes) is 1. The van der Waals surface area contributed by atoms with Gasteiger partial charge in [0.15, 0.2) is 0 Å². The minimum atomic E-state index is -1.10. The fourth-order valence-corrected chi connectivity index (χ4v) is 3.90. The molecule has 194 valence electrons. The maximum absolute atomic E-state index is 13.2. The summed E-state index contributed by atoms with van der Waals surface area (Å²) in [6.45, 7) is 4.44. The summed E-state index contributed by atoms with van der Waals surface area (Å²) in [5.74, 6) is -3.85. The zero-order valence-corrected chi connectivity index (χ0v) is 20.0. The van der Waals surface area contributed by atoms with Crippen LogP contribution in [0.25, 0.3) is 0 Å². The Hall–Kier alpha value is -2.73. The number of carbonyl (C=O) groups is 5. The second-order valence-corrected chi connectivity index (χ2v) is 9.10. The second-order valence-electron chi connectivity index (χ2n) is 9.10. The number of likely N-dealkylation sites (tertiary alicyclic amines) is 1. The van der Waals surface area contributed by atoms with E-state index in [4.69, 9.17) is 16.6 Å². The molecule has 4 atom stereocenters. The van der Waals surface area contributed by atoms with Crippen LogP contribution in [0.1, 0.15) is 65.2 Å². The number of rotatable bonds is 15. The summed E-state index contributed by atoms with van der Waals surface area (Å²) in [4.78, 5) is 62.3. The normalized spacial score (nSPS) is 18.3. The van der Waals surface area contributed by atoms with Gasteiger partial charge in [-0.2, -0.15) is 0 Å². The Bertz CT molecular complexity index is 730. The fourth-order valence-electron chi connectivity index (χ4n) is 3.90. The van der Waals surface area contributed by atoms with Gasteiger partial charge < -0.3 is 37.2 Å². The van der Waals surface area contributed by atoms with Gasteiger partial charge in [-0.05, 0) is 57.4 Å². The lowest BCUT2D eigenvalue weighted by atomic mass is 10.0. The largest absolute Gasteiger partial charge is 0.481 e. The summed E-state index contributed by atoms with van der Waals surface area (Å²) in [5.41, 5.74) is 11.3. The van der Waals surface area contributed by atoms with Crippen LogP contribution >= 0.6 is 0 Å². The van der Waals surface area contributed by atoms with Crippen LogP contribution in [0.5, 0.6) is 0 Å². The van der Waals surface area contributed by atoms with Crippen LogP contribution in [-0.2, 0) is 24.0 Å². The number of amides is 3. The maximum atomic E-state index is 13.2. The summed E-state index contributed by atoms with van der Waals surface area (Å²) < 4.78 is 0. The van der Waals surface area contributed by atoms with Crippen LogP contribution in [0.2, 0.25) is 0 Å². The molecule has 8 N–H and O–H groups in total. The molecule has 4 unspecified atom stereocenters. The Morgan fingerprint density at radius 3 is 2.21 bits per heavy atom. The maximum Gasteiger partial charge on any atom is 0.326 e. The molecule has 0 saturated carbocycles. The lowest BCUT2D eigenvalue weighted by Gasteiger charge is -2.29. The summed E-state index contributed by atoms with van der Waals surface area (Å²) in [6.07, 6.45) is 2.29. The van der Waals surface area contributed by atoms with Gasteiger partial charge in [0.1, 0.15) is 18.1 Å². The summed E-state index contributed by atoms with van der Waals surface area (Å²) in [5, 5.41) is 23.5. The molecule has 0 bridgehead atoms. The first kappa shape index (κ1) is 29.3. The highest BCUT2D eigenvalue weighted by Crippen LogP contribution is 2.20. The topological polar surface area (TPSA) is 205 Å². The average molecular weight is 486 g/mol. The van der Waals surface area contributed by atoms with E-state index >= 15 is 0 Å². The predicted octanol–water partition coefficient (Wildman–Crippen LogP) is -0.601. The van der Waals surface area contributed by atoms with Crippen LogP contribution in [0.3, 0.4) is 0 Å². The number of aliphatic carboxylic acids is 2. The molecule has 3 amide bonds. The number of carboxylic acid groups (broad SMARTS) is 2. The van der Waals surface area contributed by atoms with Crippen molar-refractivity contribution in [2.75, 3.05) is 13.1 Å². The molecule has 1 fully saturated rings. The van der Waals surface area contributed by atoms with Crippen molar-refractivity contribution in [3.8, 4) is 0 Å². The lowest BCUT2D eigenvalue weighted by molar-refractivity contribution is -0.149. The monoisotopic (exact) mass is 485 g/mol. The van der Waals surface area contributed by atoms with Crippen molar-refractivity contribution in [1.29, 1.82) is 0 Å². The number of nitrogens with one attached hydrogen (secondary N) is 2. The third-order valence-corrected chi connectivity index (χ3v) is 5.73. The van der Waals surface area contributed by atoms with Gasteiger partial charge in [0, 0.05) is 13.0 Å². The van der Waals surface area contributed by atoms with Crippen molar-refractivity contribution in [2.45, 2.75) is 89.4 Å². The Balaban J connectivity index is 2.96. The van der Waals surface area contributed by atoms with Crippen LogP contribution in [0, 0.1) is 5.92 Å². The van der Waals surface area contributed by atoms with Gasteiger partial charge in [0.2, 0.25) is 17.7 Å². The highest BCUT2D eigenvalue weighted by atomic mass is 16.4. The molecule has 0 aromatic rings. The molecule has 0 aromatic heterocycles. The molecule has 0 aromatic carbocycles. The number of hydrogen-bond acceptors (Lipinski definition) is 7. The quantitative estimate of drug-likeness (QED) is 0.163. The van der Waals surface area contributed by atoms with Gasteiger partial charge in [0.05, 0.1) is 6.04 Å². The van der Waals surface area contributed by atoms with E-state index < -0.39 is 53.8 Å². The molecule has 1 saturated heterocycles. The molecule has 12 heteroatoms. The van der Waals surface area contributed by atoms with Gasteiger partial charge >= 0.3 is 11.9 Å². The number of hydrogen-bond donors (Lipinski definition) is 6. The molecule has 34 heavy (non-hydrogen) atoms.